The lowest BCUT2D eigenvalue weighted by molar-refractivity contribution is 0.472. The first kappa shape index (κ1) is 13.8. The molecule has 1 aromatic rings. The zero-order chi connectivity index (χ0) is 13.0. The van der Waals surface area contributed by atoms with Gasteiger partial charge in [0, 0.05) is 19.0 Å². The van der Waals surface area contributed by atoms with Crippen molar-refractivity contribution in [2.75, 3.05) is 24.7 Å². The first-order chi connectivity index (χ1) is 8.63. The predicted octanol–water partition coefficient (Wildman–Crippen LogP) is 2.43. The van der Waals surface area contributed by atoms with E-state index in [-0.39, 0.29) is 5.75 Å². The van der Waals surface area contributed by atoms with Gasteiger partial charge in [-0.05, 0) is 24.3 Å². The van der Waals surface area contributed by atoms with Crippen LogP contribution in [0.2, 0.25) is 0 Å². The van der Waals surface area contributed by atoms with Crippen molar-refractivity contribution in [1.29, 1.82) is 0 Å². The minimum Gasteiger partial charge on any atom is -0.212 e. The molecule has 0 aromatic heterocycles. The van der Waals surface area contributed by atoms with Crippen LogP contribution in [-0.4, -0.2) is 37.4 Å². The Hall–Kier alpha value is -0.580. The van der Waals surface area contributed by atoms with E-state index in [0.29, 0.717) is 31.3 Å². The summed E-state index contributed by atoms with van der Waals surface area (Å²) in [5, 5.41) is 0. The fourth-order valence-electron chi connectivity index (χ4n) is 2.34. The van der Waals surface area contributed by atoms with Crippen LogP contribution in [0.15, 0.2) is 30.3 Å². The topological polar surface area (TPSA) is 37.4 Å². The summed E-state index contributed by atoms with van der Waals surface area (Å²) in [4.78, 5) is 0. The molecule has 3 nitrogen and oxygen atoms in total. The number of halogens is 1. The summed E-state index contributed by atoms with van der Waals surface area (Å²) in [7, 11) is -3.11. The van der Waals surface area contributed by atoms with E-state index < -0.39 is 10.0 Å². The molecule has 0 N–H and O–H groups in total. The highest BCUT2D eigenvalue weighted by Gasteiger charge is 2.31. The Morgan fingerprint density at radius 2 is 2.00 bits per heavy atom. The molecular weight excluding hydrogens is 270 g/mol. The van der Waals surface area contributed by atoms with Gasteiger partial charge >= 0.3 is 0 Å². The molecule has 0 spiro atoms. The van der Waals surface area contributed by atoms with Crippen LogP contribution in [0.1, 0.15) is 24.3 Å². The van der Waals surface area contributed by atoms with Crippen LogP contribution in [0.5, 0.6) is 0 Å². The molecule has 0 radical (unpaired) electrons. The van der Waals surface area contributed by atoms with Crippen molar-refractivity contribution in [1.82, 2.24) is 4.31 Å². The second-order valence-corrected chi connectivity index (χ2v) is 7.08. The Labute approximate surface area is 114 Å². The number of benzene rings is 1. The van der Waals surface area contributed by atoms with Gasteiger partial charge in [0.15, 0.2) is 0 Å². The summed E-state index contributed by atoms with van der Waals surface area (Å²) in [5.74, 6) is 0.893. The molecule has 2 rings (SSSR count). The second kappa shape index (κ2) is 6.04. The molecule has 1 aliphatic heterocycles. The van der Waals surface area contributed by atoms with Crippen LogP contribution in [0.3, 0.4) is 0 Å². The van der Waals surface area contributed by atoms with E-state index in [1.54, 1.807) is 4.31 Å². The van der Waals surface area contributed by atoms with Crippen LogP contribution in [0.4, 0.5) is 0 Å². The van der Waals surface area contributed by atoms with Gasteiger partial charge in [0.1, 0.15) is 0 Å². The quantitative estimate of drug-likeness (QED) is 0.780. The molecule has 1 saturated heterocycles. The Balaban J connectivity index is 2.00. The largest absolute Gasteiger partial charge is 0.214 e. The maximum atomic E-state index is 12.0. The third-order valence-electron chi connectivity index (χ3n) is 3.35. The summed E-state index contributed by atoms with van der Waals surface area (Å²) in [6.07, 6.45) is 1.43. The smallest absolute Gasteiger partial charge is 0.212 e. The number of hydrogen-bond acceptors (Lipinski definition) is 2. The first-order valence-corrected chi connectivity index (χ1v) is 8.36. The van der Waals surface area contributed by atoms with Gasteiger partial charge in [0.25, 0.3) is 0 Å². The van der Waals surface area contributed by atoms with Crippen molar-refractivity contribution < 1.29 is 8.42 Å². The van der Waals surface area contributed by atoms with E-state index >= 15 is 0 Å². The molecule has 5 heteroatoms. The lowest BCUT2D eigenvalue weighted by atomic mass is 9.99. The van der Waals surface area contributed by atoms with Crippen molar-refractivity contribution >= 4 is 21.6 Å². The zero-order valence-corrected chi connectivity index (χ0v) is 11.8. The molecule has 0 saturated carbocycles. The molecule has 1 unspecified atom stereocenters. The average Bonchev–Trinajstić information content (AvgIpc) is 2.88. The highest BCUT2D eigenvalue weighted by Crippen LogP contribution is 2.28. The molecule has 1 atom stereocenters. The SMILES string of the molecule is O=S(=O)(CCCCl)N1CCC(c2ccccc2)C1. The summed E-state index contributed by atoms with van der Waals surface area (Å²) in [6.45, 7) is 1.23. The van der Waals surface area contributed by atoms with Crippen molar-refractivity contribution in [3.63, 3.8) is 0 Å². The molecule has 0 amide bonds. The molecule has 1 aliphatic rings. The van der Waals surface area contributed by atoms with Crippen molar-refractivity contribution in [2.24, 2.45) is 0 Å². The van der Waals surface area contributed by atoms with E-state index in [4.69, 9.17) is 11.6 Å². The van der Waals surface area contributed by atoms with E-state index in [1.165, 1.54) is 5.56 Å². The second-order valence-electron chi connectivity index (χ2n) is 4.61. The number of rotatable bonds is 5. The Morgan fingerprint density at radius 3 is 2.67 bits per heavy atom. The third-order valence-corrected chi connectivity index (χ3v) is 5.54. The Bertz CT molecular complexity index is 475. The van der Waals surface area contributed by atoms with Crippen LogP contribution >= 0.6 is 11.6 Å². The summed E-state index contributed by atoms with van der Waals surface area (Å²) in [6, 6.07) is 10.1. The predicted molar refractivity (Wildman–Crippen MR) is 74.5 cm³/mol. The van der Waals surface area contributed by atoms with Crippen LogP contribution in [0, 0.1) is 0 Å². The summed E-state index contributed by atoms with van der Waals surface area (Å²) in [5.41, 5.74) is 1.23. The molecule has 1 fully saturated rings. The number of alkyl halides is 1. The van der Waals surface area contributed by atoms with Crippen molar-refractivity contribution in [2.45, 2.75) is 18.8 Å². The maximum absolute atomic E-state index is 12.0. The van der Waals surface area contributed by atoms with Crippen LogP contribution in [0.25, 0.3) is 0 Å². The fraction of sp³-hybridized carbons (Fsp3) is 0.538. The zero-order valence-electron chi connectivity index (χ0n) is 10.3. The normalized spacial score (nSPS) is 21.3. The molecule has 18 heavy (non-hydrogen) atoms. The molecule has 0 aliphatic carbocycles. The van der Waals surface area contributed by atoms with Gasteiger partial charge in [-0.3, -0.25) is 0 Å². The minimum atomic E-state index is -3.11. The Kier molecular flexibility index (Phi) is 4.65. The van der Waals surface area contributed by atoms with Gasteiger partial charge in [-0.1, -0.05) is 30.3 Å². The van der Waals surface area contributed by atoms with E-state index in [1.807, 2.05) is 18.2 Å². The molecule has 0 bridgehead atoms. The van der Waals surface area contributed by atoms with Gasteiger partial charge in [-0.2, -0.15) is 0 Å². The fourth-order valence-corrected chi connectivity index (χ4v) is 4.19. The van der Waals surface area contributed by atoms with Crippen LogP contribution in [-0.2, 0) is 10.0 Å². The van der Waals surface area contributed by atoms with E-state index in [2.05, 4.69) is 12.1 Å². The molecule has 100 valence electrons. The average molecular weight is 288 g/mol. The van der Waals surface area contributed by atoms with Gasteiger partial charge in [0.05, 0.1) is 5.75 Å². The van der Waals surface area contributed by atoms with Crippen molar-refractivity contribution in [3.8, 4) is 0 Å². The van der Waals surface area contributed by atoms with E-state index in [0.717, 1.165) is 6.42 Å². The highest BCUT2D eigenvalue weighted by atomic mass is 35.5. The monoisotopic (exact) mass is 287 g/mol. The van der Waals surface area contributed by atoms with Gasteiger partial charge in [-0.25, -0.2) is 12.7 Å². The van der Waals surface area contributed by atoms with Gasteiger partial charge in [-0.15, -0.1) is 11.6 Å². The van der Waals surface area contributed by atoms with Crippen LogP contribution < -0.4 is 0 Å². The summed E-state index contributed by atoms with van der Waals surface area (Å²) >= 11 is 5.56. The lowest BCUT2D eigenvalue weighted by Gasteiger charge is -2.16. The number of hydrogen-bond donors (Lipinski definition) is 0. The first-order valence-electron chi connectivity index (χ1n) is 6.22. The van der Waals surface area contributed by atoms with E-state index in [9.17, 15) is 8.42 Å². The minimum absolute atomic E-state index is 0.165. The molecule has 1 heterocycles. The molecule has 1 aromatic carbocycles. The summed E-state index contributed by atoms with van der Waals surface area (Å²) < 4.78 is 25.7. The Morgan fingerprint density at radius 1 is 1.28 bits per heavy atom. The molecular formula is C13H18ClNO2S. The lowest BCUT2D eigenvalue weighted by Crippen LogP contribution is -2.31. The standard InChI is InChI=1S/C13H18ClNO2S/c14-8-4-10-18(16,17)15-9-7-13(11-15)12-5-2-1-3-6-12/h1-3,5-6,13H,4,7-11H2. The van der Waals surface area contributed by atoms with Gasteiger partial charge in [0.2, 0.25) is 10.0 Å². The third kappa shape index (κ3) is 3.25. The number of nitrogens with zero attached hydrogens (tertiary/aromatic N) is 1. The van der Waals surface area contributed by atoms with Gasteiger partial charge < -0.3 is 0 Å². The highest BCUT2D eigenvalue weighted by molar-refractivity contribution is 7.89. The maximum Gasteiger partial charge on any atom is 0.214 e. The number of sulfonamides is 1. The van der Waals surface area contributed by atoms with Crippen molar-refractivity contribution in [3.05, 3.63) is 35.9 Å².